The van der Waals surface area contributed by atoms with Crippen molar-refractivity contribution in [1.82, 2.24) is 4.98 Å². The fraction of sp³-hybridized carbons (Fsp3) is 0.308. The maximum absolute atomic E-state index is 9.03. The van der Waals surface area contributed by atoms with E-state index < -0.39 is 0 Å². The molecule has 2 rings (SSSR count). The van der Waals surface area contributed by atoms with Gasteiger partial charge in [-0.05, 0) is 37.1 Å². The molecule has 0 aliphatic carbocycles. The lowest BCUT2D eigenvalue weighted by Gasteiger charge is -2.09. The normalized spacial score (nSPS) is 10.6. The molecular weight excluding hydrogens is 234 g/mol. The lowest BCUT2D eigenvalue weighted by atomic mass is 10.0. The van der Waals surface area contributed by atoms with E-state index in [4.69, 9.17) is 9.84 Å². The molecule has 1 aromatic heterocycles. The predicted octanol–water partition coefficient (Wildman–Crippen LogP) is 2.93. The number of methoxy groups -OCH3 is 1. The number of rotatable bonds is 3. The number of hydrogen-bond donors (Lipinski definition) is 1. The standard InChI is InChI=1S/C13H15NO2S/c1-8-5-12(16-3)9(2)4-10(8)11-7-17-13(6-15)14-11/h4-5,7,15H,6H2,1-3H3. The zero-order chi connectivity index (χ0) is 12.4. The van der Waals surface area contributed by atoms with Crippen molar-refractivity contribution >= 4 is 11.3 Å². The first kappa shape index (κ1) is 12.1. The van der Waals surface area contributed by atoms with Crippen molar-refractivity contribution in [3.8, 4) is 17.0 Å². The van der Waals surface area contributed by atoms with Crippen LogP contribution in [0.15, 0.2) is 17.5 Å². The average Bonchev–Trinajstić information content (AvgIpc) is 2.80. The van der Waals surface area contributed by atoms with Crippen molar-refractivity contribution in [3.05, 3.63) is 33.6 Å². The highest BCUT2D eigenvalue weighted by atomic mass is 32.1. The highest BCUT2D eigenvalue weighted by molar-refractivity contribution is 7.09. The van der Waals surface area contributed by atoms with Crippen LogP contribution in [0.5, 0.6) is 5.75 Å². The summed E-state index contributed by atoms with van der Waals surface area (Å²) in [4.78, 5) is 4.38. The SMILES string of the molecule is COc1cc(C)c(-c2csc(CO)n2)cc1C. The topological polar surface area (TPSA) is 42.4 Å². The first-order valence-corrected chi connectivity index (χ1v) is 6.24. The van der Waals surface area contributed by atoms with E-state index in [9.17, 15) is 0 Å². The summed E-state index contributed by atoms with van der Waals surface area (Å²) in [6, 6.07) is 4.09. The van der Waals surface area contributed by atoms with Crippen molar-refractivity contribution in [2.75, 3.05) is 7.11 Å². The number of ether oxygens (including phenoxy) is 1. The van der Waals surface area contributed by atoms with Crippen LogP contribution in [-0.2, 0) is 6.61 Å². The van der Waals surface area contributed by atoms with Gasteiger partial charge in [-0.3, -0.25) is 0 Å². The zero-order valence-electron chi connectivity index (χ0n) is 10.2. The molecule has 1 aromatic carbocycles. The Morgan fingerprint density at radius 1 is 1.29 bits per heavy atom. The fourth-order valence-corrected chi connectivity index (χ4v) is 2.45. The summed E-state index contributed by atoms with van der Waals surface area (Å²) in [5.74, 6) is 0.892. The maximum Gasteiger partial charge on any atom is 0.122 e. The number of hydrogen-bond acceptors (Lipinski definition) is 4. The number of aromatic nitrogens is 1. The molecule has 0 unspecified atom stereocenters. The van der Waals surface area contributed by atoms with Crippen LogP contribution in [0.3, 0.4) is 0 Å². The van der Waals surface area contributed by atoms with E-state index in [1.165, 1.54) is 11.3 Å². The van der Waals surface area contributed by atoms with Gasteiger partial charge in [0.2, 0.25) is 0 Å². The Labute approximate surface area is 105 Å². The third kappa shape index (κ3) is 2.33. The van der Waals surface area contributed by atoms with E-state index in [1.54, 1.807) is 7.11 Å². The van der Waals surface area contributed by atoms with Gasteiger partial charge in [-0.25, -0.2) is 4.98 Å². The third-order valence-electron chi connectivity index (χ3n) is 2.70. The minimum absolute atomic E-state index is 0.00114. The molecule has 0 radical (unpaired) electrons. The van der Waals surface area contributed by atoms with Crippen LogP contribution in [0.1, 0.15) is 16.1 Å². The van der Waals surface area contributed by atoms with Crippen molar-refractivity contribution in [1.29, 1.82) is 0 Å². The Balaban J connectivity index is 2.48. The highest BCUT2D eigenvalue weighted by Gasteiger charge is 2.10. The van der Waals surface area contributed by atoms with Gasteiger partial charge < -0.3 is 9.84 Å². The molecule has 0 amide bonds. The number of nitrogens with zero attached hydrogens (tertiary/aromatic N) is 1. The van der Waals surface area contributed by atoms with E-state index >= 15 is 0 Å². The quantitative estimate of drug-likeness (QED) is 0.909. The third-order valence-corrected chi connectivity index (χ3v) is 3.54. The van der Waals surface area contributed by atoms with Crippen LogP contribution in [-0.4, -0.2) is 17.2 Å². The van der Waals surface area contributed by atoms with Crippen LogP contribution in [0.2, 0.25) is 0 Å². The number of aliphatic hydroxyl groups excluding tert-OH is 1. The number of thiazole rings is 1. The summed E-state index contributed by atoms with van der Waals surface area (Å²) in [6.07, 6.45) is 0. The summed E-state index contributed by atoms with van der Waals surface area (Å²) in [7, 11) is 1.67. The minimum Gasteiger partial charge on any atom is -0.496 e. The van der Waals surface area contributed by atoms with Gasteiger partial charge in [0.1, 0.15) is 10.8 Å². The molecule has 0 saturated heterocycles. The summed E-state index contributed by atoms with van der Waals surface area (Å²) in [6.45, 7) is 4.05. The molecule has 1 heterocycles. The van der Waals surface area contributed by atoms with E-state index in [0.29, 0.717) is 0 Å². The van der Waals surface area contributed by atoms with Crippen molar-refractivity contribution in [2.24, 2.45) is 0 Å². The summed E-state index contributed by atoms with van der Waals surface area (Å²) >= 11 is 1.48. The van der Waals surface area contributed by atoms with Crippen LogP contribution >= 0.6 is 11.3 Å². The van der Waals surface area contributed by atoms with Gasteiger partial charge in [-0.2, -0.15) is 0 Å². The van der Waals surface area contributed by atoms with Gasteiger partial charge in [0.05, 0.1) is 19.4 Å². The molecule has 0 aliphatic heterocycles. The molecule has 0 bridgehead atoms. The molecule has 90 valence electrons. The Hall–Kier alpha value is -1.39. The first-order valence-electron chi connectivity index (χ1n) is 5.36. The number of aryl methyl sites for hydroxylation is 2. The molecule has 0 saturated carbocycles. The fourth-order valence-electron chi connectivity index (χ4n) is 1.79. The molecule has 0 atom stereocenters. The summed E-state index contributed by atoms with van der Waals surface area (Å²) < 4.78 is 5.29. The van der Waals surface area contributed by atoms with E-state index in [0.717, 1.165) is 33.1 Å². The monoisotopic (exact) mass is 249 g/mol. The first-order chi connectivity index (χ1) is 8.15. The molecule has 17 heavy (non-hydrogen) atoms. The minimum atomic E-state index is -0.00114. The second kappa shape index (κ2) is 4.85. The number of aliphatic hydroxyl groups is 1. The molecule has 0 aliphatic rings. The van der Waals surface area contributed by atoms with Gasteiger partial charge in [-0.1, -0.05) is 0 Å². The second-order valence-corrected chi connectivity index (χ2v) is 4.86. The molecular formula is C13H15NO2S. The lowest BCUT2D eigenvalue weighted by molar-refractivity contribution is 0.281. The van der Waals surface area contributed by atoms with E-state index in [-0.39, 0.29) is 6.61 Å². The molecule has 3 nitrogen and oxygen atoms in total. The Bertz CT molecular complexity index is 534. The highest BCUT2D eigenvalue weighted by Crippen LogP contribution is 2.30. The second-order valence-electron chi connectivity index (χ2n) is 3.92. The van der Waals surface area contributed by atoms with E-state index in [2.05, 4.69) is 11.1 Å². The van der Waals surface area contributed by atoms with Crippen molar-refractivity contribution in [3.63, 3.8) is 0 Å². The Morgan fingerprint density at radius 3 is 2.65 bits per heavy atom. The van der Waals surface area contributed by atoms with Crippen molar-refractivity contribution < 1.29 is 9.84 Å². The Morgan fingerprint density at radius 2 is 2.06 bits per heavy atom. The van der Waals surface area contributed by atoms with Gasteiger partial charge >= 0.3 is 0 Å². The van der Waals surface area contributed by atoms with Crippen LogP contribution in [0.4, 0.5) is 0 Å². The number of benzene rings is 1. The smallest absolute Gasteiger partial charge is 0.122 e. The molecule has 2 aromatic rings. The Kier molecular flexibility index (Phi) is 3.45. The van der Waals surface area contributed by atoms with E-state index in [1.807, 2.05) is 25.3 Å². The van der Waals surface area contributed by atoms with Gasteiger partial charge in [-0.15, -0.1) is 11.3 Å². The van der Waals surface area contributed by atoms with Gasteiger partial charge in [0.15, 0.2) is 0 Å². The summed E-state index contributed by atoms with van der Waals surface area (Å²) in [5, 5.41) is 11.7. The largest absolute Gasteiger partial charge is 0.496 e. The van der Waals surface area contributed by atoms with Gasteiger partial charge in [0, 0.05) is 10.9 Å². The van der Waals surface area contributed by atoms with Gasteiger partial charge in [0.25, 0.3) is 0 Å². The van der Waals surface area contributed by atoms with Crippen molar-refractivity contribution in [2.45, 2.75) is 20.5 Å². The van der Waals surface area contributed by atoms with Crippen LogP contribution in [0, 0.1) is 13.8 Å². The molecule has 1 N–H and O–H groups in total. The maximum atomic E-state index is 9.03. The average molecular weight is 249 g/mol. The zero-order valence-corrected chi connectivity index (χ0v) is 11.0. The summed E-state index contributed by atoms with van der Waals surface area (Å²) in [5.41, 5.74) is 4.23. The molecule has 4 heteroatoms. The molecule has 0 spiro atoms. The predicted molar refractivity (Wildman–Crippen MR) is 69.5 cm³/mol. The van der Waals surface area contributed by atoms with Crippen LogP contribution in [0.25, 0.3) is 11.3 Å². The van der Waals surface area contributed by atoms with Crippen LogP contribution < -0.4 is 4.74 Å². The molecule has 0 fully saturated rings. The lowest BCUT2D eigenvalue weighted by Crippen LogP contribution is -1.92.